The molecule has 246 valence electrons. The van der Waals surface area contributed by atoms with Crippen LogP contribution in [0.15, 0.2) is 36.4 Å². The van der Waals surface area contributed by atoms with Crippen molar-refractivity contribution in [2.45, 2.75) is 115 Å². The molecule has 2 aliphatic heterocycles. The van der Waals surface area contributed by atoms with E-state index in [1.54, 1.807) is 16.3 Å². The Labute approximate surface area is 282 Å². The molecule has 0 aliphatic carbocycles. The Kier molecular flexibility index (Phi) is 14.3. The van der Waals surface area contributed by atoms with E-state index >= 15 is 0 Å². The van der Waals surface area contributed by atoms with Crippen LogP contribution in [-0.4, -0.2) is 77.8 Å². The summed E-state index contributed by atoms with van der Waals surface area (Å²) in [5.74, 6) is 0. The second-order valence-electron chi connectivity index (χ2n) is 16.6. The fraction of sp³-hybridized carbons (Fsp3) is 0.706. The Morgan fingerprint density at radius 2 is 1.30 bits per heavy atom. The Morgan fingerprint density at radius 3 is 1.60 bits per heavy atom. The minimum absolute atomic E-state index is 0. The van der Waals surface area contributed by atoms with Crippen molar-refractivity contribution in [2.75, 3.05) is 39.3 Å². The summed E-state index contributed by atoms with van der Waals surface area (Å²) in [5, 5.41) is 19.5. The largest absolute Gasteiger partial charge is 2.00 e. The zero-order valence-electron chi connectivity index (χ0n) is 29.4. The molecule has 2 fully saturated rings. The predicted molar refractivity (Wildman–Crippen MR) is 201 cm³/mol. The van der Waals surface area contributed by atoms with E-state index < -0.39 is 16.1 Å². The van der Waals surface area contributed by atoms with Crippen LogP contribution in [0.2, 0.25) is 39.3 Å². The maximum atomic E-state index is 3.98. The van der Waals surface area contributed by atoms with E-state index in [1.165, 1.54) is 6.16 Å². The molecule has 2 aromatic carbocycles. The van der Waals surface area contributed by atoms with Crippen molar-refractivity contribution >= 4 is 43.7 Å². The fourth-order valence-electron chi connectivity index (χ4n) is 7.16. The molecule has 2 saturated heterocycles. The van der Waals surface area contributed by atoms with E-state index in [9.17, 15) is 0 Å². The molecule has 4 N–H and O–H groups in total. The summed E-state index contributed by atoms with van der Waals surface area (Å²) in [5.41, 5.74) is 3.37. The van der Waals surface area contributed by atoms with Gasteiger partial charge < -0.3 is 21.3 Å². The van der Waals surface area contributed by atoms with E-state index in [0.717, 1.165) is 39.3 Å². The smallest absolute Gasteiger partial charge is 0.314 e. The van der Waals surface area contributed by atoms with Gasteiger partial charge in [-0.25, -0.2) is 18.2 Å². The van der Waals surface area contributed by atoms with Gasteiger partial charge in [0.25, 0.3) is 0 Å². The van der Waals surface area contributed by atoms with Crippen LogP contribution in [0.25, 0.3) is 0 Å². The van der Waals surface area contributed by atoms with Gasteiger partial charge >= 0.3 is 17.1 Å². The van der Waals surface area contributed by atoms with Crippen molar-refractivity contribution in [2.24, 2.45) is 0 Å². The molecule has 0 aromatic heterocycles. The third-order valence-electron chi connectivity index (χ3n) is 8.94. The third-order valence-corrected chi connectivity index (χ3v) is 18.3. The summed E-state index contributed by atoms with van der Waals surface area (Å²) in [6, 6.07) is 13.5. The Morgan fingerprint density at radius 1 is 0.837 bits per heavy atom. The maximum absolute atomic E-state index is 3.98. The van der Waals surface area contributed by atoms with Gasteiger partial charge in [-0.3, -0.25) is 0 Å². The van der Waals surface area contributed by atoms with Crippen molar-refractivity contribution in [3.63, 3.8) is 0 Å². The van der Waals surface area contributed by atoms with Gasteiger partial charge in [-0.15, -0.1) is 9.24 Å². The number of nitrogens with one attached hydrogen (secondary N) is 4. The van der Waals surface area contributed by atoms with E-state index in [-0.39, 0.29) is 30.1 Å². The van der Waals surface area contributed by atoms with E-state index in [1.807, 2.05) is 35.5 Å². The molecule has 3 atom stereocenters. The molecular formula is C34H64FeN4P2Si2. The zero-order valence-corrected chi connectivity index (χ0v) is 34.6. The van der Waals surface area contributed by atoms with Crippen molar-refractivity contribution in [1.82, 2.24) is 21.3 Å². The fourth-order valence-corrected chi connectivity index (χ4v) is 17.4. The van der Waals surface area contributed by atoms with Crippen molar-refractivity contribution < 1.29 is 17.1 Å². The monoisotopic (exact) mass is 702 g/mol. The molecule has 43 heavy (non-hydrogen) atoms. The molecule has 0 bridgehead atoms. The van der Waals surface area contributed by atoms with Crippen LogP contribution in [-0.2, 0) is 28.4 Å². The first kappa shape index (κ1) is 39.5. The van der Waals surface area contributed by atoms with Crippen LogP contribution in [0.4, 0.5) is 0 Å². The van der Waals surface area contributed by atoms with Crippen LogP contribution in [0.5, 0.6) is 0 Å². The summed E-state index contributed by atoms with van der Waals surface area (Å²) in [4.78, 5) is 0. The first-order chi connectivity index (χ1) is 19.3. The maximum Gasteiger partial charge on any atom is 2.00 e. The molecule has 2 aromatic rings. The molecule has 0 saturated carbocycles. The SMILES string of the molecule is CC(C)(C)P(Cc1c(C(P)(C2CNCCN2)C2CNCCN2)cc([Si](C)(C)C)[c-]1[Si](C)(C)C)C(C)(C)C.[Fe+2].c1cc[cH-]c1. The van der Waals surface area contributed by atoms with Gasteiger partial charge in [0.2, 0.25) is 0 Å². The van der Waals surface area contributed by atoms with Gasteiger partial charge in [-0.1, -0.05) is 88.7 Å². The predicted octanol–water partition coefficient (Wildman–Crippen LogP) is 5.67. The zero-order chi connectivity index (χ0) is 31.6. The Bertz CT molecular complexity index is 1050. The quantitative estimate of drug-likeness (QED) is 0.171. The van der Waals surface area contributed by atoms with Gasteiger partial charge in [0.05, 0.1) is 8.07 Å². The number of hydrogen-bond acceptors (Lipinski definition) is 4. The van der Waals surface area contributed by atoms with E-state index in [0.29, 0.717) is 22.4 Å². The number of hydrogen-bond donors (Lipinski definition) is 4. The van der Waals surface area contributed by atoms with Crippen LogP contribution in [0.1, 0.15) is 52.7 Å². The van der Waals surface area contributed by atoms with Crippen molar-refractivity contribution in [1.29, 1.82) is 0 Å². The first-order valence-corrected chi connectivity index (χ1v) is 25.3. The van der Waals surface area contributed by atoms with Gasteiger partial charge in [-0.2, -0.15) is 39.7 Å². The third kappa shape index (κ3) is 9.93. The Balaban J connectivity index is 0.000000973. The molecule has 0 amide bonds. The molecule has 4 rings (SSSR count). The molecule has 3 unspecified atom stereocenters. The molecule has 2 aliphatic rings. The molecule has 0 radical (unpaired) electrons. The minimum atomic E-state index is -1.61. The normalized spacial score (nSPS) is 21.9. The summed E-state index contributed by atoms with van der Waals surface area (Å²) >= 11 is 0. The average Bonchev–Trinajstić information content (AvgIpc) is 3.58. The second-order valence-corrected chi connectivity index (χ2v) is 31.4. The van der Waals surface area contributed by atoms with Gasteiger partial charge in [0, 0.05) is 59.4 Å². The Hall–Kier alpha value is 0.353. The number of piperazine rings is 2. The summed E-state index contributed by atoms with van der Waals surface area (Å²) in [7, 11) is 0.0595. The van der Waals surface area contributed by atoms with Gasteiger partial charge in [-0.05, 0) is 21.6 Å². The summed E-state index contributed by atoms with van der Waals surface area (Å²) in [6.07, 6.45) is 1.23. The van der Waals surface area contributed by atoms with Crippen LogP contribution < -0.4 is 31.6 Å². The van der Waals surface area contributed by atoms with E-state index in [4.69, 9.17) is 0 Å². The van der Waals surface area contributed by atoms with Gasteiger partial charge in [0.1, 0.15) is 0 Å². The van der Waals surface area contributed by atoms with E-state index in [2.05, 4.69) is 117 Å². The molecule has 0 spiro atoms. The van der Waals surface area contributed by atoms with Crippen LogP contribution >= 0.6 is 17.2 Å². The average molecular weight is 703 g/mol. The minimum Gasteiger partial charge on any atom is -0.314 e. The van der Waals surface area contributed by atoms with Crippen molar-refractivity contribution in [3.8, 4) is 0 Å². The van der Waals surface area contributed by atoms with Crippen LogP contribution in [0, 0.1) is 0 Å². The summed E-state index contributed by atoms with van der Waals surface area (Å²) in [6.45, 7) is 36.7. The molecule has 9 heteroatoms. The van der Waals surface area contributed by atoms with Gasteiger partial charge in [0.15, 0.2) is 0 Å². The molecule has 4 nitrogen and oxygen atoms in total. The summed E-state index contributed by atoms with van der Waals surface area (Å²) < 4.78 is 0. The second kappa shape index (κ2) is 15.5. The number of rotatable bonds is 7. The first-order valence-electron chi connectivity index (χ1n) is 16.2. The molecule has 2 heterocycles. The van der Waals surface area contributed by atoms with Crippen molar-refractivity contribution in [3.05, 3.63) is 47.5 Å². The standard InChI is InChI=1S/C29H59N4P2Si2.C5H5.Fe/c1-27(2,3)35(28(4,5)6)20-21-22(17-23(36(7,8)9)26(21)37(10,11)12)29(34,24-18-30-13-15-32-24)25-19-31-14-16-33-25;1-2-4-5-3-1;/h17,24-25,30-33H,13-16,18-20,34H2,1-12H3;1-5H;/q2*-1;+2. The topological polar surface area (TPSA) is 48.1 Å². The van der Waals surface area contributed by atoms with Crippen LogP contribution in [0.3, 0.4) is 0 Å². The molecular weight excluding hydrogens is 638 g/mol.